The second-order valence-corrected chi connectivity index (χ2v) is 7.24. The highest BCUT2D eigenvalue weighted by atomic mass is 16.5. The topological polar surface area (TPSA) is 112 Å². The summed E-state index contributed by atoms with van der Waals surface area (Å²) >= 11 is 0. The number of para-hydroxylation sites is 2. The lowest BCUT2D eigenvalue weighted by molar-refractivity contribution is -0.142. The molecule has 168 valence electrons. The number of esters is 1. The predicted octanol–water partition coefficient (Wildman–Crippen LogP) is 4.47. The summed E-state index contributed by atoms with van der Waals surface area (Å²) in [5.74, 6) is -0.412. The van der Waals surface area contributed by atoms with Gasteiger partial charge in [-0.3, -0.25) is 4.79 Å². The van der Waals surface area contributed by atoms with Gasteiger partial charge in [0, 0.05) is 29.3 Å². The van der Waals surface area contributed by atoms with Crippen molar-refractivity contribution in [3.63, 3.8) is 0 Å². The van der Waals surface area contributed by atoms with E-state index in [1.165, 1.54) is 18.4 Å². The molecule has 1 amide bonds. The Labute approximate surface area is 193 Å². The molecule has 3 heterocycles. The average Bonchev–Trinajstić information content (AvgIpc) is 3.61. The third-order valence-corrected chi connectivity index (χ3v) is 4.87. The van der Waals surface area contributed by atoms with Gasteiger partial charge in [0.05, 0.1) is 5.69 Å². The van der Waals surface area contributed by atoms with Crippen LogP contribution in [0.3, 0.4) is 0 Å². The van der Waals surface area contributed by atoms with Crippen LogP contribution in [0.2, 0.25) is 0 Å². The molecule has 5 rings (SSSR count). The number of fused-ring (bicyclic) bond motifs is 1. The van der Waals surface area contributed by atoms with Gasteiger partial charge in [0.1, 0.15) is 17.5 Å². The van der Waals surface area contributed by atoms with Gasteiger partial charge < -0.3 is 19.0 Å². The molecule has 0 atom stereocenters. The Kier molecular flexibility index (Phi) is 5.73. The van der Waals surface area contributed by atoms with E-state index in [4.69, 9.17) is 9.15 Å². The van der Waals surface area contributed by atoms with E-state index in [1.54, 1.807) is 17.0 Å². The van der Waals surface area contributed by atoms with Gasteiger partial charge in [0.15, 0.2) is 18.2 Å². The molecule has 3 aromatic heterocycles. The van der Waals surface area contributed by atoms with Crippen molar-refractivity contribution in [3.8, 4) is 17.1 Å². The van der Waals surface area contributed by atoms with E-state index >= 15 is 0 Å². The quantitative estimate of drug-likeness (QED) is 0.285. The molecule has 9 nitrogen and oxygen atoms in total. The zero-order valence-corrected chi connectivity index (χ0v) is 17.8. The van der Waals surface area contributed by atoms with E-state index in [1.807, 2.05) is 60.7 Å². The van der Waals surface area contributed by atoms with Crippen molar-refractivity contribution in [1.29, 1.82) is 0 Å². The molecule has 0 fully saturated rings. The Morgan fingerprint density at radius 2 is 1.88 bits per heavy atom. The van der Waals surface area contributed by atoms with Crippen molar-refractivity contribution in [2.45, 2.75) is 0 Å². The van der Waals surface area contributed by atoms with E-state index < -0.39 is 18.5 Å². The number of amides is 1. The maximum Gasteiger partial charge on any atom is 0.331 e. The van der Waals surface area contributed by atoms with Crippen LogP contribution in [-0.2, 0) is 14.3 Å². The van der Waals surface area contributed by atoms with Crippen molar-refractivity contribution < 1.29 is 23.3 Å². The second-order valence-electron chi connectivity index (χ2n) is 7.24. The van der Waals surface area contributed by atoms with Gasteiger partial charge in [-0.1, -0.05) is 41.6 Å². The molecule has 9 heteroatoms. The smallest absolute Gasteiger partial charge is 0.331 e. The fourth-order valence-electron chi connectivity index (χ4n) is 3.31. The fraction of sp³-hybridized carbons (Fsp3) is 0.0400. The Morgan fingerprint density at radius 3 is 2.68 bits per heavy atom. The van der Waals surface area contributed by atoms with Crippen LogP contribution < -0.4 is 5.32 Å². The number of ether oxygens (including phenoxy) is 1. The van der Waals surface area contributed by atoms with Crippen LogP contribution in [0.5, 0.6) is 0 Å². The van der Waals surface area contributed by atoms with Gasteiger partial charge in [-0.05, 0) is 30.3 Å². The van der Waals surface area contributed by atoms with Gasteiger partial charge >= 0.3 is 5.97 Å². The number of carbonyl (C=O) groups is 2. The predicted molar refractivity (Wildman–Crippen MR) is 124 cm³/mol. The van der Waals surface area contributed by atoms with E-state index in [2.05, 4.69) is 20.1 Å². The Bertz CT molecular complexity index is 1430. The summed E-state index contributed by atoms with van der Waals surface area (Å²) in [5.41, 5.74) is 2.80. The largest absolute Gasteiger partial charge is 0.454 e. The fourth-order valence-corrected chi connectivity index (χ4v) is 3.31. The first kappa shape index (κ1) is 21.0. The van der Waals surface area contributed by atoms with Crippen LogP contribution in [-0.4, -0.2) is 33.4 Å². The van der Waals surface area contributed by atoms with Crippen molar-refractivity contribution in [2.75, 3.05) is 11.9 Å². The van der Waals surface area contributed by atoms with E-state index in [-0.39, 0.29) is 5.82 Å². The summed E-state index contributed by atoms with van der Waals surface area (Å²) in [5, 5.41) is 11.6. The maximum atomic E-state index is 12.2. The summed E-state index contributed by atoms with van der Waals surface area (Å²) < 4.78 is 17.3. The van der Waals surface area contributed by atoms with Gasteiger partial charge in [0.25, 0.3) is 5.91 Å². The van der Waals surface area contributed by atoms with Crippen molar-refractivity contribution in [2.24, 2.45) is 0 Å². The van der Waals surface area contributed by atoms with E-state index in [0.717, 1.165) is 16.7 Å². The zero-order valence-electron chi connectivity index (χ0n) is 17.8. The summed E-state index contributed by atoms with van der Waals surface area (Å²) in [4.78, 5) is 24.1. The van der Waals surface area contributed by atoms with E-state index in [0.29, 0.717) is 17.0 Å². The number of nitrogens with one attached hydrogen (secondary N) is 1. The van der Waals surface area contributed by atoms with Gasteiger partial charge in [0.2, 0.25) is 0 Å². The maximum absolute atomic E-state index is 12.2. The third kappa shape index (κ3) is 4.63. The van der Waals surface area contributed by atoms with Crippen molar-refractivity contribution >= 4 is 34.7 Å². The lowest BCUT2D eigenvalue weighted by Gasteiger charge is -2.01. The van der Waals surface area contributed by atoms with Crippen LogP contribution in [0.1, 0.15) is 5.56 Å². The number of benzene rings is 2. The van der Waals surface area contributed by atoms with Crippen LogP contribution in [0.25, 0.3) is 34.2 Å². The van der Waals surface area contributed by atoms with Gasteiger partial charge in [-0.25, -0.2) is 9.48 Å². The number of anilines is 1. The number of rotatable bonds is 7. The first-order valence-electron chi connectivity index (χ1n) is 10.3. The minimum Gasteiger partial charge on any atom is -0.454 e. The molecule has 0 spiro atoms. The summed E-state index contributed by atoms with van der Waals surface area (Å²) in [6, 6.07) is 20.6. The van der Waals surface area contributed by atoms with Gasteiger partial charge in [-0.15, -0.1) is 0 Å². The molecule has 2 aromatic carbocycles. The minimum absolute atomic E-state index is 0.236. The average molecular weight is 454 g/mol. The molecule has 0 aliphatic rings. The first-order chi connectivity index (χ1) is 16.7. The van der Waals surface area contributed by atoms with E-state index in [9.17, 15) is 9.59 Å². The molecule has 0 bridgehead atoms. The number of hydrogen-bond acceptors (Lipinski definition) is 7. The number of aromatic nitrogens is 3. The molecule has 1 N–H and O–H groups in total. The molecule has 0 aliphatic heterocycles. The van der Waals surface area contributed by atoms with Crippen LogP contribution in [0, 0.1) is 0 Å². The highest BCUT2D eigenvalue weighted by Gasteiger charge is 2.15. The standard InChI is InChI=1S/C25H18N4O5/c30-23(26-22-12-13-33-28-22)16-32-24(31)11-10-18-15-29(19-7-2-1-3-8-19)27-25(18)21-14-17-6-4-5-9-20(17)34-21/h1-15H,16H2,(H,26,28,30). The molecule has 0 saturated carbocycles. The van der Waals surface area contributed by atoms with Crippen molar-refractivity contribution in [3.05, 3.63) is 90.8 Å². The lowest BCUT2D eigenvalue weighted by atomic mass is 10.2. The summed E-state index contributed by atoms with van der Waals surface area (Å²) in [7, 11) is 0. The number of furan rings is 1. The third-order valence-electron chi connectivity index (χ3n) is 4.87. The molecular formula is C25H18N4O5. The first-order valence-corrected chi connectivity index (χ1v) is 10.3. The highest BCUT2D eigenvalue weighted by Crippen LogP contribution is 2.30. The summed E-state index contributed by atoms with van der Waals surface area (Å²) in [6.07, 6.45) is 5.92. The molecular weight excluding hydrogens is 436 g/mol. The van der Waals surface area contributed by atoms with Crippen LogP contribution in [0.4, 0.5) is 5.82 Å². The number of hydrogen-bond donors (Lipinski definition) is 1. The molecule has 0 aliphatic carbocycles. The minimum atomic E-state index is -0.682. The monoisotopic (exact) mass is 454 g/mol. The highest BCUT2D eigenvalue weighted by molar-refractivity contribution is 5.94. The Balaban J connectivity index is 1.37. The van der Waals surface area contributed by atoms with Gasteiger partial charge in [-0.2, -0.15) is 5.10 Å². The number of carbonyl (C=O) groups excluding carboxylic acids is 2. The molecule has 0 radical (unpaired) electrons. The molecule has 34 heavy (non-hydrogen) atoms. The zero-order chi connectivity index (χ0) is 23.3. The second kappa shape index (κ2) is 9.29. The van der Waals surface area contributed by atoms with Crippen molar-refractivity contribution in [1.82, 2.24) is 14.9 Å². The summed E-state index contributed by atoms with van der Waals surface area (Å²) in [6.45, 7) is -0.463. The Morgan fingerprint density at radius 1 is 1.06 bits per heavy atom. The Hall–Kier alpha value is -4.92. The normalized spacial score (nSPS) is 11.2. The van der Waals surface area contributed by atoms with Crippen LogP contribution >= 0.6 is 0 Å². The number of nitrogens with zero attached hydrogens (tertiary/aromatic N) is 3. The molecule has 0 saturated heterocycles. The lowest BCUT2D eigenvalue weighted by Crippen LogP contribution is -2.20. The van der Waals surface area contributed by atoms with Crippen LogP contribution in [0.15, 0.2) is 94.2 Å². The molecule has 5 aromatic rings. The molecule has 0 unspecified atom stereocenters. The SMILES string of the molecule is O=C(COC(=O)C=Cc1cn(-c2ccccc2)nc1-c1cc2ccccc2o1)Nc1ccon1.